The van der Waals surface area contributed by atoms with E-state index in [1.807, 2.05) is 18.2 Å². The van der Waals surface area contributed by atoms with Crippen molar-refractivity contribution >= 4 is 0 Å². The van der Waals surface area contributed by atoms with Gasteiger partial charge in [0.25, 0.3) is 5.56 Å². The van der Waals surface area contributed by atoms with Gasteiger partial charge < -0.3 is 4.74 Å². The summed E-state index contributed by atoms with van der Waals surface area (Å²) in [5, 5.41) is 0. The topological polar surface area (TPSA) is 53.2 Å². The third kappa shape index (κ3) is 1.93. The Labute approximate surface area is 140 Å². The van der Waals surface area contributed by atoms with E-state index in [-0.39, 0.29) is 17.2 Å². The molecule has 5 heteroatoms. The van der Waals surface area contributed by atoms with Crippen LogP contribution in [0.2, 0.25) is 0 Å². The van der Waals surface area contributed by atoms with Crippen LogP contribution >= 0.6 is 0 Å². The third-order valence-electron chi connectivity index (χ3n) is 5.64. The number of fused-ring (bicyclic) bond motifs is 3. The molecule has 1 aliphatic heterocycles. The number of hydrogen-bond donors (Lipinski definition) is 0. The van der Waals surface area contributed by atoms with Crippen LogP contribution < -0.4 is 16.0 Å². The fourth-order valence-corrected chi connectivity index (χ4v) is 4.39. The van der Waals surface area contributed by atoms with Crippen molar-refractivity contribution in [3.05, 3.63) is 62.3 Å². The molecule has 2 heterocycles. The highest BCUT2D eigenvalue weighted by molar-refractivity contribution is 5.42. The molecule has 1 aromatic carbocycles. The standard InChI is InChI=1S/C19H22N2O3/c1-20-16(22)15-14-11-7-4-8-12-19(14,13-9-5-3-6-10-13)24-17(15)21(2)18(20)23/h3,5-6,9-10,14H,4,7-8,11-12H2,1-2H3/t14-,19+/m0/s1. The smallest absolute Gasteiger partial charge is 0.333 e. The van der Waals surface area contributed by atoms with E-state index >= 15 is 0 Å². The lowest BCUT2D eigenvalue weighted by molar-refractivity contribution is 0.0500. The Morgan fingerprint density at radius 2 is 1.79 bits per heavy atom. The molecule has 2 aliphatic rings. The van der Waals surface area contributed by atoms with Crippen LogP contribution in [0.1, 0.15) is 49.1 Å². The fourth-order valence-electron chi connectivity index (χ4n) is 4.39. The lowest BCUT2D eigenvalue weighted by Crippen LogP contribution is -2.39. The van der Waals surface area contributed by atoms with E-state index in [1.165, 1.54) is 9.13 Å². The zero-order valence-electron chi connectivity index (χ0n) is 14.1. The molecule has 0 spiro atoms. The first-order valence-electron chi connectivity index (χ1n) is 8.61. The highest BCUT2D eigenvalue weighted by Gasteiger charge is 2.52. The Morgan fingerprint density at radius 1 is 1.04 bits per heavy atom. The Kier molecular flexibility index (Phi) is 3.41. The summed E-state index contributed by atoms with van der Waals surface area (Å²) < 4.78 is 9.15. The first kappa shape index (κ1) is 15.2. The number of benzene rings is 1. The molecule has 2 atom stereocenters. The van der Waals surface area contributed by atoms with Crippen molar-refractivity contribution in [2.75, 3.05) is 0 Å². The number of nitrogens with zero attached hydrogens (tertiary/aromatic N) is 2. The minimum atomic E-state index is -0.530. The molecule has 1 aliphatic carbocycles. The molecule has 24 heavy (non-hydrogen) atoms. The van der Waals surface area contributed by atoms with Crippen LogP contribution in [0, 0.1) is 0 Å². The molecule has 0 bridgehead atoms. The second kappa shape index (κ2) is 5.36. The van der Waals surface area contributed by atoms with Crippen LogP contribution in [-0.2, 0) is 19.7 Å². The van der Waals surface area contributed by atoms with Gasteiger partial charge in [-0.2, -0.15) is 0 Å². The average molecular weight is 326 g/mol. The number of aromatic nitrogens is 2. The molecule has 0 radical (unpaired) electrons. The Hall–Kier alpha value is -2.30. The van der Waals surface area contributed by atoms with Crippen molar-refractivity contribution in [1.82, 2.24) is 9.13 Å². The largest absolute Gasteiger partial charge is 0.466 e. The van der Waals surface area contributed by atoms with Crippen molar-refractivity contribution in [3.8, 4) is 5.88 Å². The van der Waals surface area contributed by atoms with Gasteiger partial charge in [0.05, 0.1) is 5.56 Å². The summed E-state index contributed by atoms with van der Waals surface area (Å²) >= 11 is 0. The monoisotopic (exact) mass is 326 g/mol. The predicted octanol–water partition coefficient (Wildman–Crippen LogP) is 2.42. The second-order valence-electron chi connectivity index (χ2n) is 6.93. The molecule has 0 N–H and O–H groups in total. The average Bonchev–Trinajstić information content (AvgIpc) is 2.80. The molecule has 1 fully saturated rings. The van der Waals surface area contributed by atoms with Gasteiger partial charge >= 0.3 is 5.69 Å². The maximum absolute atomic E-state index is 12.8. The van der Waals surface area contributed by atoms with E-state index in [0.717, 1.165) is 37.7 Å². The first-order valence-corrected chi connectivity index (χ1v) is 8.61. The molecule has 2 aromatic rings. The maximum Gasteiger partial charge on any atom is 0.333 e. The zero-order valence-corrected chi connectivity index (χ0v) is 14.1. The van der Waals surface area contributed by atoms with Crippen molar-refractivity contribution in [1.29, 1.82) is 0 Å². The van der Waals surface area contributed by atoms with Crippen molar-refractivity contribution < 1.29 is 4.74 Å². The molecule has 0 amide bonds. The fraction of sp³-hybridized carbons (Fsp3) is 0.474. The van der Waals surface area contributed by atoms with Crippen LogP contribution in [0.5, 0.6) is 5.88 Å². The molecular formula is C19H22N2O3. The molecular weight excluding hydrogens is 304 g/mol. The molecule has 1 saturated carbocycles. The molecule has 4 rings (SSSR count). The van der Waals surface area contributed by atoms with Gasteiger partial charge in [-0.15, -0.1) is 0 Å². The van der Waals surface area contributed by atoms with E-state index in [0.29, 0.717) is 11.4 Å². The predicted molar refractivity (Wildman–Crippen MR) is 91.5 cm³/mol. The number of hydrogen-bond acceptors (Lipinski definition) is 3. The van der Waals surface area contributed by atoms with Gasteiger partial charge in [-0.1, -0.05) is 43.2 Å². The lowest BCUT2D eigenvalue weighted by Gasteiger charge is -2.33. The van der Waals surface area contributed by atoms with E-state index < -0.39 is 5.60 Å². The Bertz CT molecular complexity index is 897. The summed E-state index contributed by atoms with van der Waals surface area (Å²) in [6.07, 6.45) is 5.07. The zero-order chi connectivity index (χ0) is 16.9. The normalized spacial score (nSPS) is 25.5. The summed E-state index contributed by atoms with van der Waals surface area (Å²) in [4.78, 5) is 25.2. The summed E-state index contributed by atoms with van der Waals surface area (Å²) in [6, 6.07) is 10.2. The summed E-state index contributed by atoms with van der Waals surface area (Å²) in [6.45, 7) is 0. The van der Waals surface area contributed by atoms with Crippen LogP contribution in [0.25, 0.3) is 0 Å². The molecule has 1 aromatic heterocycles. The van der Waals surface area contributed by atoms with Crippen molar-refractivity contribution in [2.24, 2.45) is 14.1 Å². The van der Waals surface area contributed by atoms with Crippen LogP contribution in [-0.4, -0.2) is 9.13 Å². The Balaban J connectivity index is 2.01. The summed E-state index contributed by atoms with van der Waals surface area (Å²) in [5.41, 5.74) is 0.696. The summed E-state index contributed by atoms with van der Waals surface area (Å²) in [5.74, 6) is 0.460. The van der Waals surface area contributed by atoms with E-state index in [9.17, 15) is 9.59 Å². The van der Waals surface area contributed by atoms with Gasteiger partial charge in [-0.3, -0.25) is 13.9 Å². The van der Waals surface area contributed by atoms with Crippen LogP contribution in [0.4, 0.5) is 0 Å². The third-order valence-corrected chi connectivity index (χ3v) is 5.64. The molecule has 126 valence electrons. The minimum absolute atomic E-state index is 0.00269. The van der Waals surface area contributed by atoms with E-state index in [2.05, 4.69) is 12.1 Å². The maximum atomic E-state index is 12.8. The number of rotatable bonds is 1. The van der Waals surface area contributed by atoms with Crippen molar-refractivity contribution in [3.63, 3.8) is 0 Å². The van der Waals surface area contributed by atoms with E-state index in [4.69, 9.17) is 4.74 Å². The van der Waals surface area contributed by atoms with Gasteiger partial charge in [0.15, 0.2) is 0 Å². The highest BCUT2D eigenvalue weighted by atomic mass is 16.5. The van der Waals surface area contributed by atoms with Crippen LogP contribution in [0.15, 0.2) is 39.9 Å². The molecule has 0 unspecified atom stereocenters. The lowest BCUT2D eigenvalue weighted by atomic mass is 9.76. The van der Waals surface area contributed by atoms with Gasteiger partial charge in [0.1, 0.15) is 5.60 Å². The minimum Gasteiger partial charge on any atom is -0.466 e. The van der Waals surface area contributed by atoms with Gasteiger partial charge in [-0.25, -0.2) is 4.79 Å². The van der Waals surface area contributed by atoms with Crippen molar-refractivity contribution in [2.45, 2.75) is 43.6 Å². The molecule has 5 nitrogen and oxygen atoms in total. The summed E-state index contributed by atoms with van der Waals surface area (Å²) in [7, 11) is 3.23. The number of ether oxygens (including phenoxy) is 1. The quantitative estimate of drug-likeness (QED) is 0.809. The molecule has 0 saturated heterocycles. The van der Waals surface area contributed by atoms with Gasteiger partial charge in [0, 0.05) is 20.0 Å². The Morgan fingerprint density at radius 3 is 2.54 bits per heavy atom. The second-order valence-corrected chi connectivity index (χ2v) is 6.93. The van der Waals surface area contributed by atoms with E-state index in [1.54, 1.807) is 14.1 Å². The van der Waals surface area contributed by atoms with Gasteiger partial charge in [-0.05, 0) is 24.8 Å². The highest BCUT2D eigenvalue weighted by Crippen LogP contribution is 2.54. The first-order chi connectivity index (χ1) is 11.6. The SMILES string of the molecule is Cn1c2c(c(=O)n(C)c1=O)[C@@H]1CCCCC[C@]1(c1ccccc1)O2. The van der Waals surface area contributed by atoms with Crippen LogP contribution in [0.3, 0.4) is 0 Å². The van der Waals surface area contributed by atoms with Gasteiger partial charge in [0.2, 0.25) is 5.88 Å².